The van der Waals surface area contributed by atoms with Gasteiger partial charge in [-0.2, -0.15) is 0 Å². The molecule has 2 aliphatic heterocycles. The quantitative estimate of drug-likeness (QED) is 0.493. The van der Waals surface area contributed by atoms with Crippen molar-refractivity contribution in [2.45, 2.75) is 44.6 Å². The van der Waals surface area contributed by atoms with Crippen molar-refractivity contribution in [3.05, 3.63) is 34.2 Å². The highest BCUT2D eigenvalue weighted by atomic mass is 16.2. The highest BCUT2D eigenvalue weighted by Gasteiger charge is 2.31. The summed E-state index contributed by atoms with van der Waals surface area (Å²) in [6.45, 7) is 2.90. The van der Waals surface area contributed by atoms with Crippen LogP contribution in [0.2, 0.25) is 0 Å². The monoisotopic (exact) mass is 427 g/mol. The predicted molar refractivity (Wildman–Crippen MR) is 116 cm³/mol. The average Bonchev–Trinajstić information content (AvgIpc) is 2.99. The number of piperazine rings is 1. The number of fused-ring (bicyclic) bond motifs is 1. The molecule has 2 N–H and O–H groups in total. The van der Waals surface area contributed by atoms with Gasteiger partial charge in [-0.3, -0.25) is 28.8 Å². The smallest absolute Gasteiger partial charge is 0.329 e. The Labute approximate surface area is 180 Å². The molecule has 0 radical (unpaired) electrons. The van der Waals surface area contributed by atoms with Crippen LogP contribution in [-0.2, 0) is 27.9 Å². The van der Waals surface area contributed by atoms with Crippen LogP contribution in [0.1, 0.15) is 43.7 Å². The Kier molecular flexibility index (Phi) is 6.22. The Bertz CT molecular complexity index is 1070. The van der Waals surface area contributed by atoms with Crippen molar-refractivity contribution in [1.82, 2.24) is 24.7 Å². The van der Waals surface area contributed by atoms with E-state index in [9.17, 15) is 19.2 Å². The molecule has 1 atom stereocenters. The van der Waals surface area contributed by atoms with E-state index in [-0.39, 0.29) is 23.9 Å². The van der Waals surface area contributed by atoms with Gasteiger partial charge in [0.15, 0.2) is 0 Å². The summed E-state index contributed by atoms with van der Waals surface area (Å²) < 4.78 is 3.07. The fourth-order valence-electron chi connectivity index (χ4n) is 4.49. The van der Waals surface area contributed by atoms with E-state index in [0.29, 0.717) is 18.5 Å². The zero-order valence-corrected chi connectivity index (χ0v) is 17.9. The van der Waals surface area contributed by atoms with Crippen LogP contribution in [0.3, 0.4) is 0 Å². The molecule has 1 aromatic heterocycles. The van der Waals surface area contributed by atoms with E-state index in [0.717, 1.165) is 56.4 Å². The maximum atomic E-state index is 12.8. The number of carbonyl (C=O) groups is 3. The number of carbonyl (C=O) groups excluding carboxylic acids is 3. The van der Waals surface area contributed by atoms with Crippen molar-refractivity contribution in [1.29, 1.82) is 0 Å². The predicted octanol–water partition coefficient (Wildman–Crippen LogP) is 0.462. The van der Waals surface area contributed by atoms with E-state index in [1.807, 2.05) is 23.1 Å². The van der Waals surface area contributed by atoms with Crippen LogP contribution in [0.25, 0.3) is 11.0 Å². The molecule has 3 heterocycles. The van der Waals surface area contributed by atoms with Crippen LogP contribution in [0, 0.1) is 0 Å². The molecule has 2 fully saturated rings. The van der Waals surface area contributed by atoms with Crippen molar-refractivity contribution < 1.29 is 14.4 Å². The van der Waals surface area contributed by atoms with Gasteiger partial charge in [-0.1, -0.05) is 12.5 Å². The van der Waals surface area contributed by atoms with Gasteiger partial charge in [0.1, 0.15) is 6.04 Å². The van der Waals surface area contributed by atoms with E-state index in [1.54, 1.807) is 11.6 Å². The summed E-state index contributed by atoms with van der Waals surface area (Å²) in [5.41, 5.74) is 2.39. The summed E-state index contributed by atoms with van der Waals surface area (Å²) in [6, 6.07) is 5.26. The molecule has 3 amide bonds. The summed E-state index contributed by atoms with van der Waals surface area (Å²) >= 11 is 0. The van der Waals surface area contributed by atoms with E-state index in [1.165, 1.54) is 4.57 Å². The summed E-state index contributed by atoms with van der Waals surface area (Å²) in [7, 11) is 1.71. The molecule has 1 unspecified atom stereocenters. The summed E-state index contributed by atoms with van der Waals surface area (Å²) in [5, 5.41) is 5.42. The third-order valence-corrected chi connectivity index (χ3v) is 6.26. The van der Waals surface area contributed by atoms with Gasteiger partial charge in [0.05, 0.1) is 17.6 Å². The number of aromatic nitrogens is 2. The molecule has 1 aromatic carbocycles. The van der Waals surface area contributed by atoms with Crippen molar-refractivity contribution in [3.8, 4) is 0 Å². The molecule has 31 heavy (non-hydrogen) atoms. The van der Waals surface area contributed by atoms with E-state index >= 15 is 0 Å². The van der Waals surface area contributed by atoms with Gasteiger partial charge in [0.25, 0.3) is 0 Å². The normalized spacial score (nSPS) is 19.8. The van der Waals surface area contributed by atoms with Gasteiger partial charge in [0.2, 0.25) is 17.7 Å². The number of imidazole rings is 1. The number of benzene rings is 1. The molecular weight excluding hydrogens is 398 g/mol. The van der Waals surface area contributed by atoms with Crippen molar-refractivity contribution in [2.75, 3.05) is 26.2 Å². The summed E-state index contributed by atoms with van der Waals surface area (Å²) in [4.78, 5) is 50.3. The lowest BCUT2D eigenvalue weighted by atomic mass is 10.0. The molecule has 2 aromatic rings. The number of aryl methyl sites for hydroxylation is 2. The number of imide groups is 1. The molecule has 2 saturated heterocycles. The lowest BCUT2D eigenvalue weighted by Crippen LogP contribution is -2.48. The second-order valence-electron chi connectivity index (χ2n) is 8.37. The van der Waals surface area contributed by atoms with Gasteiger partial charge in [0, 0.05) is 33.1 Å². The number of rotatable bonds is 7. The van der Waals surface area contributed by atoms with Gasteiger partial charge in [-0.05, 0) is 43.4 Å². The minimum absolute atomic E-state index is 0.179. The first-order valence-corrected chi connectivity index (χ1v) is 11.0. The summed E-state index contributed by atoms with van der Waals surface area (Å²) in [5.74, 6) is -0.533. The van der Waals surface area contributed by atoms with Crippen LogP contribution in [-0.4, -0.2) is 57.9 Å². The maximum absolute atomic E-state index is 12.8. The van der Waals surface area contributed by atoms with E-state index in [2.05, 4.69) is 10.6 Å². The number of nitrogens with zero attached hydrogens (tertiary/aromatic N) is 3. The van der Waals surface area contributed by atoms with Crippen molar-refractivity contribution >= 4 is 28.8 Å². The van der Waals surface area contributed by atoms with Crippen LogP contribution in [0.15, 0.2) is 23.0 Å². The lowest BCUT2D eigenvalue weighted by molar-refractivity contribution is -0.136. The SMILES string of the molecule is Cn1c(=O)n(C2CCC(=O)NC2=O)c2ccc(CCCCCN3CCNCC3=O)cc21. The largest absolute Gasteiger partial charge is 0.340 e. The van der Waals surface area contributed by atoms with Gasteiger partial charge >= 0.3 is 5.69 Å². The van der Waals surface area contributed by atoms with Gasteiger partial charge < -0.3 is 10.2 Å². The number of unbranched alkanes of at least 4 members (excludes halogenated alkanes) is 2. The van der Waals surface area contributed by atoms with Crippen molar-refractivity contribution in [3.63, 3.8) is 0 Å². The molecule has 166 valence electrons. The van der Waals surface area contributed by atoms with Crippen LogP contribution in [0.5, 0.6) is 0 Å². The van der Waals surface area contributed by atoms with Crippen LogP contribution >= 0.6 is 0 Å². The number of nitrogens with one attached hydrogen (secondary N) is 2. The molecule has 0 saturated carbocycles. The second-order valence-corrected chi connectivity index (χ2v) is 8.37. The molecule has 9 heteroatoms. The Balaban J connectivity index is 1.40. The van der Waals surface area contributed by atoms with Gasteiger partial charge in [-0.15, -0.1) is 0 Å². The van der Waals surface area contributed by atoms with E-state index in [4.69, 9.17) is 0 Å². The Morgan fingerprint density at radius 1 is 1.06 bits per heavy atom. The third kappa shape index (κ3) is 4.41. The number of amides is 3. The molecule has 2 aliphatic rings. The van der Waals surface area contributed by atoms with Gasteiger partial charge in [-0.25, -0.2) is 4.79 Å². The molecule has 4 rings (SSSR count). The molecule has 9 nitrogen and oxygen atoms in total. The van der Waals surface area contributed by atoms with Crippen molar-refractivity contribution in [2.24, 2.45) is 7.05 Å². The lowest BCUT2D eigenvalue weighted by Gasteiger charge is -2.27. The first-order valence-electron chi connectivity index (χ1n) is 11.0. The topological polar surface area (TPSA) is 105 Å². The molecule has 0 aliphatic carbocycles. The first kappa shape index (κ1) is 21.3. The molecule has 0 spiro atoms. The minimum Gasteiger partial charge on any atom is -0.340 e. The number of hydrogen-bond donors (Lipinski definition) is 2. The standard InChI is InChI=1S/C22H29N5O4/c1-25-18-13-15(5-3-2-4-11-26-12-10-23-14-20(26)29)6-7-16(18)27(22(25)31)17-8-9-19(28)24-21(17)30/h6-7,13,17,23H,2-5,8-12,14H2,1H3,(H,24,28,30). The Morgan fingerprint density at radius 2 is 1.90 bits per heavy atom. The van der Waals surface area contributed by atoms with Crippen LogP contribution < -0.4 is 16.3 Å². The zero-order valence-electron chi connectivity index (χ0n) is 17.9. The Morgan fingerprint density at radius 3 is 2.68 bits per heavy atom. The zero-order chi connectivity index (χ0) is 22.0. The Hall–Kier alpha value is -2.94. The highest BCUT2D eigenvalue weighted by Crippen LogP contribution is 2.24. The summed E-state index contributed by atoms with van der Waals surface area (Å²) in [6.07, 6.45) is 4.48. The highest BCUT2D eigenvalue weighted by molar-refractivity contribution is 6.00. The second kappa shape index (κ2) is 9.05. The fraction of sp³-hybridized carbons (Fsp3) is 0.545. The number of hydrogen-bond acceptors (Lipinski definition) is 5. The molecular formula is C22H29N5O4. The third-order valence-electron chi connectivity index (χ3n) is 6.26. The average molecular weight is 428 g/mol. The van der Waals surface area contributed by atoms with E-state index < -0.39 is 11.9 Å². The molecule has 0 bridgehead atoms. The minimum atomic E-state index is -0.660. The maximum Gasteiger partial charge on any atom is 0.329 e. The van der Waals surface area contributed by atoms with Crippen LogP contribution in [0.4, 0.5) is 0 Å². The first-order chi connectivity index (χ1) is 15.0. The fourth-order valence-corrected chi connectivity index (χ4v) is 4.49. The number of piperidine rings is 1.